The molecule has 0 fully saturated rings. The van der Waals surface area contributed by atoms with E-state index in [2.05, 4.69) is 29.4 Å². The lowest BCUT2D eigenvalue weighted by Crippen LogP contribution is -2.15. The SMILES string of the molecule is N/C(CCCOC1CCCc2ccccc21)=N\O. The molecule has 4 heteroatoms. The van der Waals surface area contributed by atoms with Crippen LogP contribution in [0.5, 0.6) is 0 Å². The van der Waals surface area contributed by atoms with Gasteiger partial charge in [0.2, 0.25) is 0 Å². The van der Waals surface area contributed by atoms with E-state index < -0.39 is 0 Å². The van der Waals surface area contributed by atoms with Gasteiger partial charge in [0.1, 0.15) is 5.84 Å². The molecular weight excluding hydrogens is 228 g/mol. The van der Waals surface area contributed by atoms with Crippen LogP contribution in [0.4, 0.5) is 0 Å². The minimum absolute atomic E-state index is 0.210. The van der Waals surface area contributed by atoms with Gasteiger partial charge in [-0.25, -0.2) is 0 Å². The predicted molar refractivity (Wildman–Crippen MR) is 70.7 cm³/mol. The topological polar surface area (TPSA) is 67.8 Å². The summed E-state index contributed by atoms with van der Waals surface area (Å²) in [6.45, 7) is 0.648. The van der Waals surface area contributed by atoms with E-state index in [0.29, 0.717) is 13.0 Å². The lowest BCUT2D eigenvalue weighted by Gasteiger charge is -2.25. The fourth-order valence-corrected chi connectivity index (χ4v) is 2.41. The minimum atomic E-state index is 0.210. The van der Waals surface area contributed by atoms with Gasteiger partial charge in [-0.1, -0.05) is 29.4 Å². The summed E-state index contributed by atoms with van der Waals surface area (Å²) < 4.78 is 5.91. The van der Waals surface area contributed by atoms with Crippen molar-refractivity contribution >= 4 is 5.84 Å². The molecule has 2 rings (SSSR count). The van der Waals surface area contributed by atoms with Crippen molar-refractivity contribution in [3.05, 3.63) is 35.4 Å². The molecule has 0 aromatic heterocycles. The van der Waals surface area contributed by atoms with Crippen LogP contribution in [0.25, 0.3) is 0 Å². The average molecular weight is 248 g/mol. The molecule has 98 valence electrons. The fourth-order valence-electron chi connectivity index (χ4n) is 2.41. The Labute approximate surface area is 107 Å². The van der Waals surface area contributed by atoms with Crippen LogP contribution >= 0.6 is 0 Å². The largest absolute Gasteiger partial charge is 0.409 e. The van der Waals surface area contributed by atoms with E-state index in [4.69, 9.17) is 15.7 Å². The van der Waals surface area contributed by atoms with Gasteiger partial charge in [-0.3, -0.25) is 0 Å². The second kappa shape index (κ2) is 6.40. The number of nitrogens with zero attached hydrogens (tertiary/aromatic N) is 1. The highest BCUT2D eigenvalue weighted by Crippen LogP contribution is 2.32. The Morgan fingerprint density at radius 3 is 3.11 bits per heavy atom. The van der Waals surface area contributed by atoms with E-state index in [-0.39, 0.29) is 11.9 Å². The Bertz CT molecular complexity index is 418. The highest BCUT2D eigenvalue weighted by molar-refractivity contribution is 5.79. The zero-order valence-electron chi connectivity index (χ0n) is 10.5. The summed E-state index contributed by atoms with van der Waals surface area (Å²) in [5.74, 6) is 0.266. The van der Waals surface area contributed by atoms with E-state index in [0.717, 1.165) is 19.3 Å². The average Bonchev–Trinajstić information content (AvgIpc) is 2.43. The zero-order chi connectivity index (χ0) is 12.8. The molecule has 0 spiro atoms. The molecule has 0 aliphatic heterocycles. The van der Waals surface area contributed by atoms with Crippen molar-refractivity contribution < 1.29 is 9.94 Å². The first kappa shape index (κ1) is 12.9. The molecule has 18 heavy (non-hydrogen) atoms. The Morgan fingerprint density at radius 1 is 1.44 bits per heavy atom. The summed E-state index contributed by atoms with van der Waals surface area (Å²) >= 11 is 0. The smallest absolute Gasteiger partial charge is 0.139 e. The first-order valence-corrected chi connectivity index (χ1v) is 6.47. The lowest BCUT2D eigenvalue weighted by molar-refractivity contribution is 0.0400. The maximum absolute atomic E-state index is 8.44. The number of rotatable bonds is 5. The third kappa shape index (κ3) is 3.23. The molecule has 0 bridgehead atoms. The Hall–Kier alpha value is -1.55. The van der Waals surface area contributed by atoms with Gasteiger partial charge < -0.3 is 15.7 Å². The van der Waals surface area contributed by atoms with Crippen molar-refractivity contribution in [2.45, 2.75) is 38.2 Å². The molecule has 1 aromatic carbocycles. The Balaban J connectivity index is 1.84. The van der Waals surface area contributed by atoms with E-state index in [1.54, 1.807) is 0 Å². The van der Waals surface area contributed by atoms with Crippen molar-refractivity contribution in [1.29, 1.82) is 0 Å². The first-order chi connectivity index (χ1) is 8.81. The Morgan fingerprint density at radius 2 is 2.28 bits per heavy atom. The van der Waals surface area contributed by atoms with E-state index >= 15 is 0 Å². The van der Waals surface area contributed by atoms with Crippen molar-refractivity contribution in [3.8, 4) is 0 Å². The second-order valence-corrected chi connectivity index (χ2v) is 4.65. The van der Waals surface area contributed by atoms with Gasteiger partial charge in [0.15, 0.2) is 0 Å². The summed E-state index contributed by atoms with van der Waals surface area (Å²) in [7, 11) is 0. The van der Waals surface area contributed by atoms with Crippen molar-refractivity contribution in [1.82, 2.24) is 0 Å². The predicted octanol–water partition coefficient (Wildman–Crippen LogP) is 2.61. The van der Waals surface area contributed by atoms with Gasteiger partial charge in [0.05, 0.1) is 6.10 Å². The molecule has 1 aromatic rings. The van der Waals surface area contributed by atoms with E-state index in [1.807, 2.05) is 0 Å². The molecule has 1 aliphatic rings. The third-order valence-corrected chi connectivity index (χ3v) is 3.34. The number of nitrogens with two attached hydrogens (primary N) is 1. The quantitative estimate of drug-likeness (QED) is 0.277. The molecule has 1 atom stereocenters. The number of benzene rings is 1. The number of amidine groups is 1. The van der Waals surface area contributed by atoms with Crippen LogP contribution < -0.4 is 5.73 Å². The molecule has 0 radical (unpaired) electrons. The number of oxime groups is 1. The summed E-state index contributed by atoms with van der Waals surface area (Å²) in [4.78, 5) is 0. The number of aryl methyl sites for hydroxylation is 1. The highest BCUT2D eigenvalue weighted by atomic mass is 16.5. The van der Waals surface area contributed by atoms with Gasteiger partial charge in [0, 0.05) is 13.0 Å². The van der Waals surface area contributed by atoms with Gasteiger partial charge in [-0.05, 0) is 36.8 Å². The molecule has 0 heterocycles. The second-order valence-electron chi connectivity index (χ2n) is 4.65. The van der Waals surface area contributed by atoms with Crippen LogP contribution in [0, 0.1) is 0 Å². The van der Waals surface area contributed by atoms with Gasteiger partial charge >= 0.3 is 0 Å². The van der Waals surface area contributed by atoms with Crippen molar-refractivity contribution in [2.24, 2.45) is 10.9 Å². The van der Waals surface area contributed by atoms with E-state index in [9.17, 15) is 0 Å². The maximum Gasteiger partial charge on any atom is 0.139 e. The summed E-state index contributed by atoms with van der Waals surface area (Å²) in [6.07, 6.45) is 4.99. The normalized spacial score (nSPS) is 19.6. The molecular formula is C14H20N2O2. The molecule has 0 saturated carbocycles. The fraction of sp³-hybridized carbons (Fsp3) is 0.500. The standard InChI is InChI=1S/C14H20N2O2/c15-14(16-17)9-4-10-18-13-8-3-6-11-5-1-2-7-12(11)13/h1-2,5,7,13,17H,3-4,6,8-10H2,(H2,15,16). The van der Waals surface area contributed by atoms with Crippen molar-refractivity contribution in [3.63, 3.8) is 0 Å². The lowest BCUT2D eigenvalue weighted by atomic mass is 9.89. The van der Waals surface area contributed by atoms with Crippen LogP contribution in [-0.4, -0.2) is 17.6 Å². The van der Waals surface area contributed by atoms with E-state index in [1.165, 1.54) is 17.5 Å². The summed E-state index contributed by atoms with van der Waals surface area (Å²) in [5, 5.41) is 11.4. The van der Waals surface area contributed by atoms with Crippen LogP contribution in [0.1, 0.15) is 42.9 Å². The van der Waals surface area contributed by atoms with Gasteiger partial charge in [-0.2, -0.15) is 0 Å². The first-order valence-electron chi connectivity index (χ1n) is 6.47. The molecule has 0 saturated heterocycles. The van der Waals surface area contributed by atoms with Crippen LogP contribution in [0.2, 0.25) is 0 Å². The monoisotopic (exact) mass is 248 g/mol. The minimum Gasteiger partial charge on any atom is -0.409 e. The summed E-state index contributed by atoms with van der Waals surface area (Å²) in [6, 6.07) is 8.49. The maximum atomic E-state index is 8.44. The van der Waals surface area contributed by atoms with Crippen LogP contribution in [0.15, 0.2) is 29.4 Å². The molecule has 1 aliphatic carbocycles. The molecule has 4 nitrogen and oxygen atoms in total. The van der Waals surface area contributed by atoms with Crippen LogP contribution in [0.3, 0.4) is 0 Å². The number of hydrogen-bond acceptors (Lipinski definition) is 3. The molecule has 1 unspecified atom stereocenters. The molecule has 3 N–H and O–H groups in total. The van der Waals surface area contributed by atoms with Gasteiger partial charge in [0.25, 0.3) is 0 Å². The third-order valence-electron chi connectivity index (χ3n) is 3.34. The number of fused-ring (bicyclic) bond motifs is 1. The highest BCUT2D eigenvalue weighted by Gasteiger charge is 2.19. The number of hydrogen-bond donors (Lipinski definition) is 2. The Kier molecular flexibility index (Phi) is 4.59. The zero-order valence-corrected chi connectivity index (χ0v) is 10.5. The molecule has 0 amide bonds. The van der Waals surface area contributed by atoms with Crippen molar-refractivity contribution in [2.75, 3.05) is 6.61 Å². The van der Waals surface area contributed by atoms with Crippen LogP contribution in [-0.2, 0) is 11.2 Å². The van der Waals surface area contributed by atoms with Gasteiger partial charge in [-0.15, -0.1) is 0 Å². The summed E-state index contributed by atoms with van der Waals surface area (Å²) in [5.41, 5.74) is 8.15. The number of ether oxygens (including phenoxy) is 1.